The Bertz CT molecular complexity index is 470. The van der Waals surface area contributed by atoms with Crippen LogP contribution in [0.3, 0.4) is 0 Å². The number of carboxylic acids is 2. The lowest BCUT2D eigenvalue weighted by atomic mass is 10.1. The Hall–Kier alpha value is -2.40. The number of ether oxygens (including phenoxy) is 1. The fourth-order valence-electron chi connectivity index (χ4n) is 1.86. The smallest absolute Gasteiger partial charge is 0.326 e. The van der Waals surface area contributed by atoms with Crippen molar-refractivity contribution in [2.24, 2.45) is 0 Å². The first kappa shape index (κ1) is 23.6. The molecule has 11 heteroatoms. The van der Waals surface area contributed by atoms with Gasteiger partial charge in [0.2, 0.25) is 0 Å². The van der Waals surface area contributed by atoms with Gasteiger partial charge in [0, 0.05) is 6.42 Å². The van der Waals surface area contributed by atoms with Crippen LogP contribution in [0.15, 0.2) is 0 Å². The van der Waals surface area contributed by atoms with Crippen molar-refractivity contribution in [2.45, 2.75) is 51.6 Å². The summed E-state index contributed by atoms with van der Waals surface area (Å²) in [6, 6.07) is -3.53. The number of carbonyl (C=O) groups excluding carboxylic acids is 2. The number of nitrogens with one attached hydrogen (secondary N) is 2. The molecule has 0 radical (unpaired) electrons. The van der Waals surface area contributed by atoms with Gasteiger partial charge in [-0.3, -0.25) is 4.79 Å². The molecule has 2 unspecified atom stereocenters. The summed E-state index contributed by atoms with van der Waals surface area (Å²) in [6.45, 7) is 4.01. The van der Waals surface area contributed by atoms with Crippen LogP contribution in [-0.2, 0) is 28.9 Å². The summed E-state index contributed by atoms with van der Waals surface area (Å²) < 4.78 is 4.69. The highest BCUT2D eigenvalue weighted by Crippen LogP contribution is 2.02. The molecule has 0 bridgehead atoms. The highest BCUT2D eigenvalue weighted by molar-refractivity contribution is 5.86. The standard InChI is InChI=1S/C15H26N2O9/c1-3-24-12(18)8-7-11(14(21)22)17-15(23)16-10(13(19)20)6-5-9-26-25-4-2/h10-11H,3-9H2,1-2H3,(H,19,20)(H,21,22)(H2,16,17,23). The van der Waals surface area contributed by atoms with Crippen LogP contribution in [0.1, 0.15) is 39.5 Å². The second-order valence-corrected chi connectivity index (χ2v) is 5.11. The highest BCUT2D eigenvalue weighted by Gasteiger charge is 2.24. The third kappa shape index (κ3) is 11.2. The predicted octanol–water partition coefficient (Wildman–Crippen LogP) is 0.284. The molecule has 0 aromatic heterocycles. The molecule has 0 aromatic carbocycles. The van der Waals surface area contributed by atoms with Crippen LogP contribution in [0.4, 0.5) is 4.79 Å². The SMILES string of the molecule is CCOOCCCC(NC(=O)NC(CCC(=O)OCC)C(=O)O)C(=O)O. The number of hydrogen-bond donors (Lipinski definition) is 4. The first-order chi connectivity index (χ1) is 12.3. The second kappa shape index (κ2) is 13.8. The van der Waals surface area contributed by atoms with E-state index in [1.54, 1.807) is 13.8 Å². The Balaban J connectivity index is 4.44. The topological polar surface area (TPSA) is 160 Å². The summed E-state index contributed by atoms with van der Waals surface area (Å²) in [6.07, 6.45) is 0.00257. The summed E-state index contributed by atoms with van der Waals surface area (Å²) in [5.41, 5.74) is 0. The molecule has 0 heterocycles. The maximum absolute atomic E-state index is 11.9. The number of esters is 1. The third-order valence-corrected chi connectivity index (χ3v) is 3.07. The minimum Gasteiger partial charge on any atom is -0.480 e. The Labute approximate surface area is 150 Å². The Kier molecular flexibility index (Phi) is 12.6. The van der Waals surface area contributed by atoms with Crippen LogP contribution in [0, 0.1) is 0 Å². The number of aliphatic carboxylic acids is 2. The van der Waals surface area contributed by atoms with Gasteiger partial charge in [0.15, 0.2) is 0 Å². The lowest BCUT2D eigenvalue weighted by Gasteiger charge is -2.18. The maximum Gasteiger partial charge on any atom is 0.326 e. The van der Waals surface area contributed by atoms with Crippen molar-refractivity contribution < 1.29 is 43.9 Å². The van der Waals surface area contributed by atoms with E-state index in [0.717, 1.165) is 0 Å². The average Bonchev–Trinajstić information content (AvgIpc) is 2.57. The molecule has 0 aliphatic heterocycles. The molecule has 4 N–H and O–H groups in total. The van der Waals surface area contributed by atoms with Gasteiger partial charge in [0.25, 0.3) is 0 Å². The zero-order valence-corrected chi connectivity index (χ0v) is 14.9. The van der Waals surface area contributed by atoms with E-state index in [4.69, 9.17) is 15.1 Å². The van der Waals surface area contributed by atoms with E-state index in [-0.39, 0.29) is 32.5 Å². The van der Waals surface area contributed by atoms with Crippen LogP contribution in [0.2, 0.25) is 0 Å². The molecule has 0 aliphatic carbocycles. The molecule has 0 rings (SSSR count). The van der Waals surface area contributed by atoms with Crippen molar-refractivity contribution >= 4 is 23.9 Å². The molecule has 0 spiro atoms. The van der Waals surface area contributed by atoms with E-state index in [1.807, 2.05) is 0 Å². The van der Waals surface area contributed by atoms with Gasteiger partial charge in [-0.15, -0.1) is 0 Å². The van der Waals surface area contributed by atoms with Crippen molar-refractivity contribution in [1.29, 1.82) is 0 Å². The lowest BCUT2D eigenvalue weighted by Crippen LogP contribution is -2.51. The summed E-state index contributed by atoms with van der Waals surface area (Å²) in [5.74, 6) is -3.20. The summed E-state index contributed by atoms with van der Waals surface area (Å²) in [4.78, 5) is 54.9. The quantitative estimate of drug-likeness (QED) is 0.144. The van der Waals surface area contributed by atoms with Gasteiger partial charge in [-0.2, -0.15) is 0 Å². The first-order valence-electron chi connectivity index (χ1n) is 8.24. The van der Waals surface area contributed by atoms with Gasteiger partial charge < -0.3 is 25.6 Å². The number of carbonyl (C=O) groups is 4. The number of hydrogen-bond acceptors (Lipinski definition) is 7. The van der Waals surface area contributed by atoms with E-state index < -0.39 is 36.0 Å². The van der Waals surface area contributed by atoms with Crippen molar-refractivity contribution in [2.75, 3.05) is 19.8 Å². The number of urea groups is 1. The summed E-state index contributed by atoms with van der Waals surface area (Å²) in [7, 11) is 0. The minimum atomic E-state index is -1.35. The van der Waals surface area contributed by atoms with Crippen LogP contribution >= 0.6 is 0 Å². The molecule has 0 saturated carbocycles. The number of carboxylic acid groups (broad SMARTS) is 2. The number of amides is 2. The molecule has 0 aliphatic rings. The fraction of sp³-hybridized carbons (Fsp3) is 0.733. The molecule has 26 heavy (non-hydrogen) atoms. The Morgan fingerprint density at radius 1 is 0.885 bits per heavy atom. The summed E-state index contributed by atoms with van der Waals surface area (Å²) in [5, 5.41) is 22.5. The molecular weight excluding hydrogens is 352 g/mol. The molecule has 0 saturated heterocycles. The zero-order valence-electron chi connectivity index (χ0n) is 14.9. The molecule has 11 nitrogen and oxygen atoms in total. The van der Waals surface area contributed by atoms with E-state index in [0.29, 0.717) is 13.0 Å². The van der Waals surface area contributed by atoms with Gasteiger partial charge in [0.1, 0.15) is 12.1 Å². The molecule has 150 valence electrons. The third-order valence-electron chi connectivity index (χ3n) is 3.07. The number of rotatable bonds is 14. The fourth-order valence-corrected chi connectivity index (χ4v) is 1.86. The zero-order chi connectivity index (χ0) is 19.9. The van der Waals surface area contributed by atoms with Crippen LogP contribution in [0.5, 0.6) is 0 Å². The predicted molar refractivity (Wildman–Crippen MR) is 87.2 cm³/mol. The van der Waals surface area contributed by atoms with E-state index in [9.17, 15) is 19.2 Å². The molecule has 2 atom stereocenters. The molecule has 0 fully saturated rings. The van der Waals surface area contributed by atoms with Crippen LogP contribution < -0.4 is 10.6 Å². The molecule has 0 aromatic rings. The van der Waals surface area contributed by atoms with E-state index in [2.05, 4.69) is 20.3 Å². The minimum absolute atomic E-state index is 0.0659. The lowest BCUT2D eigenvalue weighted by molar-refractivity contribution is -0.291. The highest BCUT2D eigenvalue weighted by atomic mass is 17.2. The van der Waals surface area contributed by atoms with Gasteiger partial charge in [-0.05, 0) is 33.1 Å². The average molecular weight is 378 g/mol. The van der Waals surface area contributed by atoms with Gasteiger partial charge in [-0.25, -0.2) is 24.2 Å². The van der Waals surface area contributed by atoms with Crippen molar-refractivity contribution in [3.05, 3.63) is 0 Å². The van der Waals surface area contributed by atoms with Crippen LogP contribution in [-0.4, -0.2) is 66.1 Å². The second-order valence-electron chi connectivity index (χ2n) is 5.11. The van der Waals surface area contributed by atoms with Crippen LogP contribution in [0.25, 0.3) is 0 Å². The largest absolute Gasteiger partial charge is 0.480 e. The van der Waals surface area contributed by atoms with Crippen molar-refractivity contribution in [3.8, 4) is 0 Å². The van der Waals surface area contributed by atoms with Gasteiger partial charge in [0.05, 0.1) is 19.8 Å². The Morgan fingerprint density at radius 3 is 1.96 bits per heavy atom. The van der Waals surface area contributed by atoms with Crippen molar-refractivity contribution in [3.63, 3.8) is 0 Å². The van der Waals surface area contributed by atoms with E-state index >= 15 is 0 Å². The molecule has 2 amide bonds. The first-order valence-corrected chi connectivity index (χ1v) is 8.24. The normalized spacial score (nSPS) is 12.7. The van der Waals surface area contributed by atoms with E-state index in [1.165, 1.54) is 0 Å². The maximum atomic E-state index is 11.9. The summed E-state index contributed by atoms with van der Waals surface area (Å²) >= 11 is 0. The molecular formula is C15H26N2O9. The Morgan fingerprint density at radius 2 is 1.46 bits per heavy atom. The van der Waals surface area contributed by atoms with Gasteiger partial charge >= 0.3 is 23.9 Å². The monoisotopic (exact) mass is 378 g/mol. The van der Waals surface area contributed by atoms with Crippen molar-refractivity contribution in [1.82, 2.24) is 10.6 Å². The van der Waals surface area contributed by atoms with Gasteiger partial charge in [-0.1, -0.05) is 0 Å².